The molecule has 0 spiro atoms. The summed E-state index contributed by atoms with van der Waals surface area (Å²) in [4.78, 5) is 9.37. The fourth-order valence-corrected chi connectivity index (χ4v) is 4.67. The van der Waals surface area contributed by atoms with E-state index in [-0.39, 0.29) is 0 Å². The predicted molar refractivity (Wildman–Crippen MR) is 86.3 cm³/mol. The van der Waals surface area contributed by atoms with Crippen molar-refractivity contribution in [3.05, 3.63) is 24.3 Å². The van der Waals surface area contributed by atoms with Crippen molar-refractivity contribution in [1.82, 2.24) is 19.7 Å². The van der Waals surface area contributed by atoms with Crippen LogP contribution in [0.3, 0.4) is 0 Å². The van der Waals surface area contributed by atoms with Crippen LogP contribution in [0.2, 0.25) is 0 Å². The van der Waals surface area contributed by atoms with Crippen molar-refractivity contribution < 1.29 is 0 Å². The Bertz CT molecular complexity index is 592. The molecule has 1 unspecified atom stereocenters. The molecule has 0 aromatic carbocycles. The van der Waals surface area contributed by atoms with Gasteiger partial charge in [0.1, 0.15) is 11.6 Å². The topological polar surface area (TPSA) is 55.6 Å². The van der Waals surface area contributed by atoms with E-state index >= 15 is 0 Å². The molecule has 1 aliphatic heterocycles. The molecule has 1 atom stereocenters. The SMILES string of the molecule is CNc1cc(-c2cnn(C)c2)nc(C2CSCCS2)n1. The fraction of sp³-hybridized carbons (Fsp3) is 0.462. The molecule has 1 saturated heterocycles. The first-order valence-corrected chi connectivity index (χ1v) is 8.71. The smallest absolute Gasteiger partial charge is 0.145 e. The van der Waals surface area contributed by atoms with E-state index < -0.39 is 0 Å². The highest BCUT2D eigenvalue weighted by Gasteiger charge is 2.20. The minimum atomic E-state index is 0.387. The molecule has 3 rings (SSSR count). The number of hydrogen-bond donors (Lipinski definition) is 1. The van der Waals surface area contributed by atoms with Crippen LogP contribution < -0.4 is 5.32 Å². The van der Waals surface area contributed by atoms with Gasteiger partial charge in [0.25, 0.3) is 0 Å². The van der Waals surface area contributed by atoms with Crippen LogP contribution >= 0.6 is 23.5 Å². The molecule has 0 bridgehead atoms. The summed E-state index contributed by atoms with van der Waals surface area (Å²) in [6.45, 7) is 0. The van der Waals surface area contributed by atoms with Crippen molar-refractivity contribution in [1.29, 1.82) is 0 Å². The number of aryl methyl sites for hydroxylation is 1. The highest BCUT2D eigenvalue weighted by Crippen LogP contribution is 2.36. The van der Waals surface area contributed by atoms with Crippen LogP contribution in [-0.2, 0) is 7.05 Å². The zero-order chi connectivity index (χ0) is 13.9. The fourth-order valence-electron chi connectivity index (χ4n) is 2.08. The molecule has 0 radical (unpaired) electrons. The maximum absolute atomic E-state index is 4.75. The zero-order valence-corrected chi connectivity index (χ0v) is 13.2. The van der Waals surface area contributed by atoms with Gasteiger partial charge >= 0.3 is 0 Å². The van der Waals surface area contributed by atoms with E-state index in [1.165, 1.54) is 11.5 Å². The summed E-state index contributed by atoms with van der Waals surface area (Å²) in [7, 11) is 3.81. The Balaban J connectivity index is 1.97. The lowest BCUT2D eigenvalue weighted by atomic mass is 10.2. The number of rotatable bonds is 3. The number of nitrogens with one attached hydrogen (secondary N) is 1. The average molecular weight is 307 g/mol. The van der Waals surface area contributed by atoms with Crippen LogP contribution in [0, 0.1) is 0 Å². The van der Waals surface area contributed by atoms with Crippen molar-refractivity contribution >= 4 is 29.3 Å². The molecule has 1 aliphatic rings. The largest absolute Gasteiger partial charge is 0.373 e. The summed E-state index contributed by atoms with van der Waals surface area (Å²) < 4.78 is 1.79. The molecule has 2 aromatic heterocycles. The number of nitrogens with zero attached hydrogens (tertiary/aromatic N) is 4. The van der Waals surface area contributed by atoms with Crippen molar-refractivity contribution in [3.63, 3.8) is 0 Å². The molecule has 7 heteroatoms. The van der Waals surface area contributed by atoms with Crippen LogP contribution in [-0.4, -0.2) is 44.1 Å². The van der Waals surface area contributed by atoms with E-state index in [9.17, 15) is 0 Å². The van der Waals surface area contributed by atoms with E-state index in [4.69, 9.17) is 4.98 Å². The Morgan fingerprint density at radius 1 is 1.35 bits per heavy atom. The minimum Gasteiger partial charge on any atom is -0.373 e. The Labute approximate surface area is 127 Å². The number of anilines is 1. The average Bonchev–Trinajstić information content (AvgIpc) is 2.94. The van der Waals surface area contributed by atoms with Gasteiger partial charge in [-0.25, -0.2) is 9.97 Å². The molecule has 2 aromatic rings. The van der Waals surface area contributed by atoms with Crippen LogP contribution in [0.4, 0.5) is 5.82 Å². The molecule has 0 aliphatic carbocycles. The van der Waals surface area contributed by atoms with E-state index in [0.29, 0.717) is 5.25 Å². The van der Waals surface area contributed by atoms with Crippen LogP contribution in [0.25, 0.3) is 11.3 Å². The van der Waals surface area contributed by atoms with Gasteiger partial charge < -0.3 is 5.32 Å². The minimum absolute atomic E-state index is 0.387. The van der Waals surface area contributed by atoms with E-state index in [0.717, 1.165) is 28.7 Å². The molecule has 106 valence electrons. The second kappa shape index (κ2) is 6.05. The van der Waals surface area contributed by atoms with Crippen molar-refractivity contribution in [3.8, 4) is 11.3 Å². The lowest BCUT2D eigenvalue weighted by molar-refractivity contribution is 0.768. The van der Waals surface area contributed by atoms with Gasteiger partial charge in [0.05, 0.1) is 17.1 Å². The second-order valence-electron chi connectivity index (χ2n) is 4.58. The van der Waals surface area contributed by atoms with Gasteiger partial charge in [-0.05, 0) is 0 Å². The molecule has 3 heterocycles. The van der Waals surface area contributed by atoms with Gasteiger partial charge in [0.15, 0.2) is 0 Å². The highest BCUT2D eigenvalue weighted by atomic mass is 32.2. The Morgan fingerprint density at radius 2 is 2.25 bits per heavy atom. The third kappa shape index (κ3) is 2.93. The second-order valence-corrected chi connectivity index (χ2v) is 7.04. The number of thioether (sulfide) groups is 2. The van der Waals surface area contributed by atoms with Gasteiger partial charge in [0, 0.05) is 49.2 Å². The molecule has 0 saturated carbocycles. The lowest BCUT2D eigenvalue weighted by Gasteiger charge is -2.20. The van der Waals surface area contributed by atoms with Gasteiger partial charge in [-0.1, -0.05) is 0 Å². The molecular weight excluding hydrogens is 290 g/mol. The monoisotopic (exact) mass is 307 g/mol. The van der Waals surface area contributed by atoms with Gasteiger partial charge in [-0.15, -0.1) is 11.8 Å². The molecule has 5 nitrogen and oxygen atoms in total. The van der Waals surface area contributed by atoms with Crippen molar-refractivity contribution in [2.24, 2.45) is 7.05 Å². The summed E-state index contributed by atoms with van der Waals surface area (Å²) in [5.74, 6) is 5.27. The summed E-state index contributed by atoms with van der Waals surface area (Å²) in [5.41, 5.74) is 1.96. The normalized spacial score (nSPS) is 19.0. The summed E-state index contributed by atoms with van der Waals surface area (Å²) in [5, 5.41) is 7.73. The van der Waals surface area contributed by atoms with Crippen LogP contribution in [0.15, 0.2) is 18.5 Å². The number of hydrogen-bond acceptors (Lipinski definition) is 6. The number of aromatic nitrogens is 4. The standard InChI is InChI=1S/C13H17N5S2/c1-14-12-5-10(9-6-15-18(2)7-9)16-13(17-12)11-8-19-3-4-20-11/h5-7,11H,3-4,8H2,1-2H3,(H,14,16,17). The molecular formula is C13H17N5S2. The Morgan fingerprint density at radius 3 is 2.90 bits per heavy atom. The van der Waals surface area contributed by atoms with E-state index in [1.54, 1.807) is 4.68 Å². The maximum Gasteiger partial charge on any atom is 0.145 e. The van der Waals surface area contributed by atoms with Gasteiger partial charge in [-0.3, -0.25) is 4.68 Å². The molecule has 20 heavy (non-hydrogen) atoms. The highest BCUT2D eigenvalue weighted by molar-refractivity contribution is 8.06. The third-order valence-corrected chi connectivity index (χ3v) is 5.86. The summed E-state index contributed by atoms with van der Waals surface area (Å²) >= 11 is 3.93. The summed E-state index contributed by atoms with van der Waals surface area (Å²) in [6.07, 6.45) is 3.82. The third-order valence-electron chi connectivity index (χ3n) is 3.10. The van der Waals surface area contributed by atoms with Crippen LogP contribution in [0.1, 0.15) is 11.1 Å². The molecule has 1 N–H and O–H groups in total. The predicted octanol–water partition coefficient (Wildman–Crippen LogP) is 2.44. The molecule has 0 amide bonds. The first-order valence-electron chi connectivity index (χ1n) is 6.51. The first-order chi connectivity index (χ1) is 9.76. The van der Waals surface area contributed by atoms with Gasteiger partial charge in [-0.2, -0.15) is 16.9 Å². The zero-order valence-electron chi connectivity index (χ0n) is 11.5. The molecule has 1 fully saturated rings. The Kier molecular flexibility index (Phi) is 4.16. The maximum atomic E-state index is 4.75. The lowest BCUT2D eigenvalue weighted by Crippen LogP contribution is -2.11. The quantitative estimate of drug-likeness (QED) is 0.940. The van der Waals surface area contributed by atoms with E-state index in [1.807, 2.05) is 56.1 Å². The van der Waals surface area contributed by atoms with Crippen molar-refractivity contribution in [2.75, 3.05) is 29.6 Å². The van der Waals surface area contributed by atoms with Crippen LogP contribution in [0.5, 0.6) is 0 Å². The van der Waals surface area contributed by atoms with Gasteiger partial charge in [0.2, 0.25) is 0 Å². The van der Waals surface area contributed by atoms with E-state index in [2.05, 4.69) is 15.4 Å². The summed E-state index contributed by atoms with van der Waals surface area (Å²) in [6, 6.07) is 1.97. The van der Waals surface area contributed by atoms with Crippen molar-refractivity contribution in [2.45, 2.75) is 5.25 Å². The first kappa shape index (κ1) is 13.8. The Hall–Kier alpha value is -1.21.